The third-order valence-electron chi connectivity index (χ3n) is 2.66. The lowest BCUT2D eigenvalue weighted by Crippen LogP contribution is -2.07. The average Bonchev–Trinajstić information content (AvgIpc) is 3.18. The maximum atomic E-state index is 5.96. The number of halogens is 2. The number of benzene rings is 1. The van der Waals surface area contributed by atoms with Gasteiger partial charge in [0.05, 0.1) is 16.2 Å². The molecule has 0 spiro atoms. The summed E-state index contributed by atoms with van der Waals surface area (Å²) in [6.45, 7) is 0. The van der Waals surface area contributed by atoms with E-state index < -0.39 is 0 Å². The number of nitrogens with one attached hydrogen (secondary N) is 2. The highest BCUT2D eigenvalue weighted by molar-refractivity contribution is 6.42. The van der Waals surface area contributed by atoms with E-state index in [1.165, 1.54) is 0 Å². The Morgan fingerprint density at radius 2 is 2.00 bits per heavy atom. The van der Waals surface area contributed by atoms with Crippen LogP contribution in [-0.4, -0.2) is 21.2 Å². The predicted octanol–water partition coefficient (Wildman–Crippen LogP) is 3.50. The van der Waals surface area contributed by atoms with Gasteiger partial charge in [-0.1, -0.05) is 23.2 Å². The number of anilines is 3. The van der Waals surface area contributed by atoms with Crippen molar-refractivity contribution in [1.82, 2.24) is 15.2 Å². The van der Waals surface area contributed by atoms with Crippen LogP contribution in [0.25, 0.3) is 0 Å². The van der Waals surface area contributed by atoms with E-state index in [0.717, 1.165) is 18.5 Å². The molecule has 19 heavy (non-hydrogen) atoms. The van der Waals surface area contributed by atoms with Gasteiger partial charge in [-0.15, -0.1) is 5.10 Å². The molecule has 2 N–H and O–H groups in total. The van der Waals surface area contributed by atoms with Crippen molar-refractivity contribution in [2.75, 3.05) is 10.6 Å². The van der Waals surface area contributed by atoms with E-state index in [0.29, 0.717) is 27.9 Å². The minimum absolute atomic E-state index is 0.488. The molecular weight excluding hydrogens is 285 g/mol. The summed E-state index contributed by atoms with van der Waals surface area (Å²) >= 11 is 11.8. The zero-order valence-corrected chi connectivity index (χ0v) is 11.4. The molecule has 1 aromatic carbocycles. The summed E-state index contributed by atoms with van der Waals surface area (Å²) in [7, 11) is 0. The molecule has 2 aromatic rings. The lowest BCUT2D eigenvalue weighted by Gasteiger charge is -2.07. The SMILES string of the molecule is Clc1ccc(Nc2cnnc(NC3CC3)n2)cc1Cl. The van der Waals surface area contributed by atoms with Crippen molar-refractivity contribution in [2.45, 2.75) is 18.9 Å². The summed E-state index contributed by atoms with van der Waals surface area (Å²) < 4.78 is 0. The largest absolute Gasteiger partial charge is 0.350 e. The smallest absolute Gasteiger partial charge is 0.244 e. The Kier molecular flexibility index (Phi) is 3.40. The summed E-state index contributed by atoms with van der Waals surface area (Å²) in [5.74, 6) is 1.14. The molecule has 1 aliphatic carbocycles. The van der Waals surface area contributed by atoms with Gasteiger partial charge in [0, 0.05) is 11.7 Å². The van der Waals surface area contributed by atoms with E-state index >= 15 is 0 Å². The Morgan fingerprint density at radius 1 is 1.16 bits per heavy atom. The van der Waals surface area contributed by atoms with Crippen LogP contribution < -0.4 is 10.6 Å². The van der Waals surface area contributed by atoms with Crippen molar-refractivity contribution in [3.63, 3.8) is 0 Å². The number of hydrogen-bond acceptors (Lipinski definition) is 5. The molecule has 0 radical (unpaired) electrons. The number of rotatable bonds is 4. The third kappa shape index (κ3) is 3.24. The van der Waals surface area contributed by atoms with Crippen LogP contribution in [0.15, 0.2) is 24.4 Å². The molecule has 7 heteroatoms. The summed E-state index contributed by atoms with van der Waals surface area (Å²) in [5, 5.41) is 15.1. The summed E-state index contributed by atoms with van der Waals surface area (Å²) in [4.78, 5) is 4.33. The highest BCUT2D eigenvalue weighted by atomic mass is 35.5. The Bertz CT molecular complexity index is 600. The normalized spacial score (nSPS) is 14.2. The van der Waals surface area contributed by atoms with Crippen LogP contribution in [0.2, 0.25) is 10.0 Å². The van der Waals surface area contributed by atoms with Gasteiger partial charge in [0.2, 0.25) is 5.95 Å². The van der Waals surface area contributed by atoms with Crippen LogP contribution in [-0.2, 0) is 0 Å². The van der Waals surface area contributed by atoms with E-state index in [9.17, 15) is 0 Å². The number of hydrogen-bond donors (Lipinski definition) is 2. The second kappa shape index (κ2) is 5.19. The number of nitrogens with zero attached hydrogens (tertiary/aromatic N) is 3. The first-order chi connectivity index (χ1) is 9.20. The average molecular weight is 296 g/mol. The van der Waals surface area contributed by atoms with Crippen molar-refractivity contribution in [2.24, 2.45) is 0 Å². The quantitative estimate of drug-likeness (QED) is 0.904. The third-order valence-corrected chi connectivity index (χ3v) is 3.40. The molecule has 0 bridgehead atoms. The van der Waals surface area contributed by atoms with Gasteiger partial charge in [-0.25, -0.2) is 0 Å². The monoisotopic (exact) mass is 295 g/mol. The van der Waals surface area contributed by atoms with Gasteiger partial charge in [-0.2, -0.15) is 10.1 Å². The molecule has 98 valence electrons. The summed E-state index contributed by atoms with van der Waals surface area (Å²) in [6.07, 6.45) is 3.88. The standard InChI is InChI=1S/C12H11Cl2N5/c13-9-4-3-8(5-10(9)14)16-11-6-15-19-12(18-11)17-7-1-2-7/h3-7H,1-2H2,(H2,16,17,18,19). The zero-order valence-electron chi connectivity index (χ0n) is 9.90. The molecular formula is C12H11Cl2N5. The first kappa shape index (κ1) is 12.4. The molecule has 0 amide bonds. The molecule has 3 rings (SSSR count). The molecule has 0 saturated heterocycles. The molecule has 1 aliphatic rings. The Labute approximate surface area is 120 Å². The van der Waals surface area contributed by atoms with Crippen molar-refractivity contribution < 1.29 is 0 Å². The fourth-order valence-corrected chi connectivity index (χ4v) is 1.86. The van der Waals surface area contributed by atoms with E-state index in [1.807, 2.05) is 6.07 Å². The summed E-state index contributed by atoms with van der Waals surface area (Å²) in [6, 6.07) is 5.77. The second-order valence-electron chi connectivity index (χ2n) is 4.34. The topological polar surface area (TPSA) is 62.7 Å². The fourth-order valence-electron chi connectivity index (χ4n) is 1.56. The molecule has 1 saturated carbocycles. The van der Waals surface area contributed by atoms with Crippen molar-refractivity contribution >= 4 is 40.7 Å². The maximum Gasteiger partial charge on any atom is 0.244 e. The van der Waals surface area contributed by atoms with E-state index in [4.69, 9.17) is 23.2 Å². The van der Waals surface area contributed by atoms with Crippen molar-refractivity contribution in [1.29, 1.82) is 0 Å². The molecule has 5 nitrogen and oxygen atoms in total. The first-order valence-corrected chi connectivity index (χ1v) is 6.64. The van der Waals surface area contributed by atoms with Crippen molar-refractivity contribution in [3.8, 4) is 0 Å². The molecule has 1 fully saturated rings. The van der Waals surface area contributed by atoms with Crippen LogP contribution >= 0.6 is 23.2 Å². The molecule has 1 heterocycles. The predicted molar refractivity (Wildman–Crippen MR) is 76.2 cm³/mol. The maximum absolute atomic E-state index is 5.96. The Hall–Kier alpha value is -1.59. The van der Waals surface area contributed by atoms with Crippen LogP contribution in [0.3, 0.4) is 0 Å². The van der Waals surface area contributed by atoms with Crippen molar-refractivity contribution in [3.05, 3.63) is 34.4 Å². The zero-order chi connectivity index (χ0) is 13.2. The minimum Gasteiger partial charge on any atom is -0.350 e. The van der Waals surface area contributed by atoms with Crippen LogP contribution in [0.1, 0.15) is 12.8 Å². The first-order valence-electron chi connectivity index (χ1n) is 5.89. The molecule has 0 aliphatic heterocycles. The minimum atomic E-state index is 0.488. The number of aromatic nitrogens is 3. The van der Waals surface area contributed by atoms with Gasteiger partial charge >= 0.3 is 0 Å². The van der Waals surface area contributed by atoms with Crippen LogP contribution in [0, 0.1) is 0 Å². The van der Waals surface area contributed by atoms with Gasteiger partial charge in [-0.3, -0.25) is 0 Å². The van der Waals surface area contributed by atoms with Gasteiger partial charge in [0.25, 0.3) is 0 Å². The lowest BCUT2D eigenvalue weighted by atomic mass is 10.3. The molecule has 0 atom stereocenters. The van der Waals surface area contributed by atoms with Gasteiger partial charge in [0.1, 0.15) is 0 Å². The van der Waals surface area contributed by atoms with E-state index in [1.54, 1.807) is 18.3 Å². The van der Waals surface area contributed by atoms with Gasteiger partial charge in [-0.05, 0) is 31.0 Å². The van der Waals surface area contributed by atoms with Crippen LogP contribution in [0.4, 0.5) is 17.5 Å². The van der Waals surface area contributed by atoms with Gasteiger partial charge in [0.15, 0.2) is 5.82 Å². The molecule has 0 unspecified atom stereocenters. The Balaban J connectivity index is 1.75. The highest BCUT2D eigenvalue weighted by Gasteiger charge is 2.22. The fraction of sp³-hybridized carbons (Fsp3) is 0.250. The van der Waals surface area contributed by atoms with E-state index in [2.05, 4.69) is 25.8 Å². The van der Waals surface area contributed by atoms with Crippen LogP contribution in [0.5, 0.6) is 0 Å². The van der Waals surface area contributed by atoms with E-state index in [-0.39, 0.29) is 0 Å². The second-order valence-corrected chi connectivity index (χ2v) is 5.15. The highest BCUT2D eigenvalue weighted by Crippen LogP contribution is 2.27. The lowest BCUT2D eigenvalue weighted by molar-refractivity contribution is 0.947. The van der Waals surface area contributed by atoms with Gasteiger partial charge < -0.3 is 10.6 Å². The molecule has 1 aromatic heterocycles. The Morgan fingerprint density at radius 3 is 2.74 bits per heavy atom. The summed E-state index contributed by atoms with van der Waals surface area (Å²) in [5.41, 5.74) is 0.798.